The number of fused-ring (bicyclic) bond motifs is 1. The minimum absolute atomic E-state index is 0.129. The van der Waals surface area contributed by atoms with Crippen LogP contribution in [0, 0.1) is 0 Å². The van der Waals surface area contributed by atoms with Gasteiger partial charge in [-0.3, -0.25) is 9.69 Å². The van der Waals surface area contributed by atoms with Crippen LogP contribution in [-0.4, -0.2) is 70.9 Å². The van der Waals surface area contributed by atoms with Gasteiger partial charge in [-0.1, -0.05) is 11.3 Å². The average Bonchev–Trinajstić information content (AvgIpc) is 3.23. The smallest absolute Gasteiger partial charge is 0.229 e. The van der Waals surface area contributed by atoms with Gasteiger partial charge in [-0.05, 0) is 76.4 Å². The summed E-state index contributed by atoms with van der Waals surface area (Å²) in [6, 6.07) is 11.8. The Labute approximate surface area is 205 Å². The molecule has 0 aliphatic carbocycles. The monoisotopic (exact) mass is 505 g/mol. The van der Waals surface area contributed by atoms with Gasteiger partial charge in [-0.2, -0.15) is 0 Å². The van der Waals surface area contributed by atoms with Gasteiger partial charge in [0.25, 0.3) is 0 Å². The molecule has 0 N–H and O–H groups in total. The van der Waals surface area contributed by atoms with E-state index in [9.17, 15) is 13.2 Å². The first-order valence-electron chi connectivity index (χ1n) is 11.1. The van der Waals surface area contributed by atoms with E-state index in [0.717, 1.165) is 28.9 Å². The Hall–Kier alpha value is -2.69. The van der Waals surface area contributed by atoms with Gasteiger partial charge in [-0.15, -0.1) is 0 Å². The highest BCUT2D eigenvalue weighted by Crippen LogP contribution is 2.32. The third-order valence-corrected chi connectivity index (χ3v) is 7.95. The molecule has 10 heteroatoms. The number of nitrogens with zero attached hydrogens (tertiary/aromatic N) is 3. The molecule has 0 bridgehead atoms. The Morgan fingerprint density at radius 2 is 1.76 bits per heavy atom. The maximum atomic E-state index is 13.2. The number of amides is 1. The molecule has 0 aliphatic heterocycles. The molecule has 0 radical (unpaired) electrons. The molecule has 1 aromatic heterocycles. The Morgan fingerprint density at radius 3 is 2.41 bits per heavy atom. The number of benzene rings is 2. The highest BCUT2D eigenvalue weighted by atomic mass is 32.2. The van der Waals surface area contributed by atoms with Crippen molar-refractivity contribution in [1.82, 2.24) is 9.88 Å². The largest absolute Gasteiger partial charge is 0.497 e. The molecular weight excluding hydrogens is 474 g/mol. The quantitative estimate of drug-likeness (QED) is 0.369. The van der Waals surface area contributed by atoms with Gasteiger partial charge in [0.2, 0.25) is 5.91 Å². The van der Waals surface area contributed by atoms with Crippen molar-refractivity contribution in [3.63, 3.8) is 0 Å². The number of carbonyl (C=O) groups is 1. The summed E-state index contributed by atoms with van der Waals surface area (Å²) in [7, 11) is 1.85. The van der Waals surface area contributed by atoms with E-state index in [2.05, 4.69) is 4.98 Å². The minimum atomic E-state index is -3.61. The van der Waals surface area contributed by atoms with Crippen molar-refractivity contribution in [2.75, 3.05) is 51.6 Å². The highest BCUT2D eigenvalue weighted by molar-refractivity contribution is 7.91. The second kappa shape index (κ2) is 11.6. The van der Waals surface area contributed by atoms with Crippen LogP contribution in [0.3, 0.4) is 0 Å². The zero-order chi connectivity index (χ0) is 24.7. The van der Waals surface area contributed by atoms with E-state index < -0.39 is 9.84 Å². The van der Waals surface area contributed by atoms with Crippen molar-refractivity contribution < 1.29 is 22.7 Å². The van der Waals surface area contributed by atoms with Gasteiger partial charge in [0, 0.05) is 13.0 Å². The average molecular weight is 506 g/mol. The summed E-state index contributed by atoms with van der Waals surface area (Å²) in [5.74, 6) is 0.786. The van der Waals surface area contributed by atoms with E-state index in [1.54, 1.807) is 17.0 Å². The SMILES string of the molecule is CCOc1ccc2nc(N(CCCN(C)C)C(=O)CCS(=O)(=O)c3ccc(OC)cc3)sc2c1. The fourth-order valence-corrected chi connectivity index (χ4v) is 5.66. The minimum Gasteiger partial charge on any atom is -0.497 e. The number of thiazole rings is 1. The molecule has 0 saturated heterocycles. The molecule has 0 fully saturated rings. The molecule has 0 saturated carbocycles. The normalized spacial score (nSPS) is 11.7. The van der Waals surface area contributed by atoms with Crippen LogP contribution in [0.5, 0.6) is 11.5 Å². The lowest BCUT2D eigenvalue weighted by Gasteiger charge is -2.21. The van der Waals surface area contributed by atoms with Crippen LogP contribution < -0.4 is 14.4 Å². The zero-order valence-corrected chi connectivity index (χ0v) is 21.6. The summed E-state index contributed by atoms with van der Waals surface area (Å²) in [5, 5.41) is 0.564. The number of anilines is 1. The van der Waals surface area contributed by atoms with Gasteiger partial charge in [-0.25, -0.2) is 13.4 Å². The fourth-order valence-electron chi connectivity index (χ4n) is 3.39. The lowest BCUT2D eigenvalue weighted by molar-refractivity contribution is -0.118. The van der Waals surface area contributed by atoms with Crippen LogP contribution in [0.4, 0.5) is 5.13 Å². The molecule has 1 heterocycles. The van der Waals surface area contributed by atoms with Crippen molar-refractivity contribution in [3.05, 3.63) is 42.5 Å². The summed E-state index contributed by atoms with van der Waals surface area (Å²) >= 11 is 1.40. The number of ether oxygens (including phenoxy) is 2. The summed E-state index contributed by atoms with van der Waals surface area (Å²) in [5.41, 5.74) is 0.778. The third-order valence-electron chi connectivity index (χ3n) is 5.18. The summed E-state index contributed by atoms with van der Waals surface area (Å²) in [6.45, 7) is 3.74. The first-order valence-corrected chi connectivity index (χ1v) is 13.6. The van der Waals surface area contributed by atoms with Crippen molar-refractivity contribution in [2.45, 2.75) is 24.7 Å². The molecule has 0 aliphatic rings. The van der Waals surface area contributed by atoms with Crippen molar-refractivity contribution in [2.24, 2.45) is 0 Å². The van der Waals surface area contributed by atoms with Gasteiger partial charge < -0.3 is 14.4 Å². The molecule has 34 heavy (non-hydrogen) atoms. The fraction of sp³-hybridized carbons (Fsp3) is 0.417. The molecule has 3 aromatic rings. The Kier molecular flexibility index (Phi) is 8.87. The van der Waals surface area contributed by atoms with Crippen LogP contribution in [0.2, 0.25) is 0 Å². The summed E-state index contributed by atoms with van der Waals surface area (Å²) < 4.78 is 37.2. The van der Waals surface area contributed by atoms with Crippen LogP contribution in [0.25, 0.3) is 10.2 Å². The number of hydrogen-bond donors (Lipinski definition) is 0. The number of methoxy groups -OCH3 is 1. The molecule has 1 amide bonds. The summed E-state index contributed by atoms with van der Waals surface area (Å²) in [4.78, 5) is 21.7. The molecule has 0 spiro atoms. The predicted molar refractivity (Wildman–Crippen MR) is 136 cm³/mol. The lowest BCUT2D eigenvalue weighted by Crippen LogP contribution is -2.34. The molecular formula is C24H31N3O5S2. The Bertz CT molecular complexity index is 1210. The van der Waals surface area contributed by atoms with E-state index >= 15 is 0 Å². The van der Waals surface area contributed by atoms with Gasteiger partial charge in [0.05, 0.1) is 34.6 Å². The van der Waals surface area contributed by atoms with E-state index in [0.29, 0.717) is 24.0 Å². The predicted octanol–water partition coefficient (Wildman–Crippen LogP) is 3.85. The second-order valence-electron chi connectivity index (χ2n) is 8.01. The Balaban J connectivity index is 1.78. The van der Waals surface area contributed by atoms with Crippen LogP contribution in [0.1, 0.15) is 19.8 Å². The number of sulfone groups is 1. The number of rotatable bonds is 12. The molecule has 0 atom stereocenters. The molecule has 3 rings (SSSR count). The van der Waals surface area contributed by atoms with Crippen molar-refractivity contribution in [3.8, 4) is 11.5 Å². The highest BCUT2D eigenvalue weighted by Gasteiger charge is 2.23. The zero-order valence-electron chi connectivity index (χ0n) is 20.0. The first kappa shape index (κ1) is 25.9. The molecule has 8 nitrogen and oxygen atoms in total. The van der Waals surface area contributed by atoms with Gasteiger partial charge >= 0.3 is 0 Å². The van der Waals surface area contributed by atoms with E-state index in [4.69, 9.17) is 9.47 Å². The van der Waals surface area contributed by atoms with Crippen LogP contribution >= 0.6 is 11.3 Å². The summed E-state index contributed by atoms with van der Waals surface area (Å²) in [6.07, 6.45) is 0.612. The topological polar surface area (TPSA) is 89.0 Å². The van der Waals surface area contributed by atoms with Gasteiger partial charge in [0.1, 0.15) is 11.5 Å². The number of carbonyl (C=O) groups excluding carboxylic acids is 1. The standard InChI is InChI=1S/C24H31N3O5S2/c1-5-32-19-9-12-21-22(17-19)33-24(25-21)27(15-6-14-26(2)3)23(28)13-16-34(29,30)20-10-7-18(31-4)8-11-20/h7-12,17H,5-6,13-16H2,1-4H3. The van der Waals surface area contributed by atoms with E-state index in [-0.39, 0.29) is 23.0 Å². The Morgan fingerprint density at radius 1 is 1.06 bits per heavy atom. The number of hydrogen-bond acceptors (Lipinski definition) is 8. The third kappa shape index (κ3) is 6.68. The molecule has 2 aromatic carbocycles. The van der Waals surface area contributed by atoms with Crippen molar-refractivity contribution in [1.29, 1.82) is 0 Å². The van der Waals surface area contributed by atoms with Crippen molar-refractivity contribution >= 4 is 42.4 Å². The lowest BCUT2D eigenvalue weighted by atomic mass is 10.3. The maximum Gasteiger partial charge on any atom is 0.229 e. The second-order valence-corrected chi connectivity index (χ2v) is 11.1. The van der Waals surface area contributed by atoms with Gasteiger partial charge in [0.15, 0.2) is 15.0 Å². The van der Waals surface area contributed by atoms with E-state index in [1.165, 1.54) is 30.6 Å². The molecule has 0 unspecified atom stereocenters. The van der Waals surface area contributed by atoms with Crippen LogP contribution in [-0.2, 0) is 14.6 Å². The molecule has 184 valence electrons. The van der Waals surface area contributed by atoms with Crippen LogP contribution in [0.15, 0.2) is 47.4 Å². The van der Waals surface area contributed by atoms with E-state index in [1.807, 2.05) is 44.1 Å². The number of aromatic nitrogens is 1. The maximum absolute atomic E-state index is 13.2. The first-order chi connectivity index (χ1) is 16.2.